The molecule has 0 aliphatic heterocycles. The molecule has 0 spiro atoms. The number of amides is 2. The van der Waals surface area contributed by atoms with E-state index in [1.165, 1.54) is 6.07 Å². The van der Waals surface area contributed by atoms with Crippen molar-refractivity contribution >= 4 is 23.4 Å². The van der Waals surface area contributed by atoms with Crippen LogP contribution in [-0.2, 0) is 11.3 Å². The molecular weight excluding hydrogens is 319 g/mol. The minimum Gasteiger partial charge on any atom is -0.350 e. The van der Waals surface area contributed by atoms with Crippen molar-refractivity contribution in [1.82, 2.24) is 10.6 Å². The summed E-state index contributed by atoms with van der Waals surface area (Å²) < 4.78 is 13.4. The lowest BCUT2D eigenvalue weighted by atomic mass is 10.1. The van der Waals surface area contributed by atoms with E-state index in [9.17, 15) is 14.0 Å². The third kappa shape index (κ3) is 4.79. The zero-order chi connectivity index (χ0) is 16.8. The molecule has 120 valence electrons. The first kappa shape index (κ1) is 17.0. The summed E-state index contributed by atoms with van der Waals surface area (Å²) in [4.78, 5) is 23.6. The average Bonchev–Trinajstić information content (AvgIpc) is 2.54. The van der Waals surface area contributed by atoms with Crippen molar-refractivity contribution in [3.8, 4) is 0 Å². The zero-order valence-electron chi connectivity index (χ0n) is 12.5. The highest BCUT2D eigenvalue weighted by Crippen LogP contribution is 2.14. The minimum atomic E-state index is -0.424. The van der Waals surface area contributed by atoms with Crippen molar-refractivity contribution in [3.63, 3.8) is 0 Å². The predicted molar refractivity (Wildman–Crippen MR) is 86.8 cm³/mol. The number of carbonyl (C=O) groups excluding carboxylic acids is 2. The van der Waals surface area contributed by atoms with Crippen molar-refractivity contribution in [2.75, 3.05) is 6.54 Å². The van der Waals surface area contributed by atoms with Crippen LogP contribution in [0.5, 0.6) is 0 Å². The van der Waals surface area contributed by atoms with Gasteiger partial charge in [0, 0.05) is 6.54 Å². The maximum Gasteiger partial charge on any atom is 0.253 e. The van der Waals surface area contributed by atoms with Gasteiger partial charge in [-0.3, -0.25) is 9.59 Å². The molecular formula is C17H16ClFN2O2. The maximum absolute atomic E-state index is 13.4. The Hall–Kier alpha value is -2.40. The Morgan fingerprint density at radius 2 is 1.87 bits per heavy atom. The van der Waals surface area contributed by atoms with Crippen LogP contribution >= 0.6 is 11.6 Å². The summed E-state index contributed by atoms with van der Waals surface area (Å²) in [6.45, 7) is 1.68. The average molecular weight is 335 g/mol. The lowest BCUT2D eigenvalue weighted by Gasteiger charge is -2.08. The molecule has 4 nitrogen and oxygen atoms in total. The predicted octanol–water partition coefficient (Wildman–Crippen LogP) is 2.83. The largest absolute Gasteiger partial charge is 0.350 e. The molecule has 2 aromatic carbocycles. The first-order valence-corrected chi connectivity index (χ1v) is 7.39. The molecule has 0 aliphatic rings. The van der Waals surface area contributed by atoms with Crippen molar-refractivity contribution in [2.24, 2.45) is 0 Å². The highest BCUT2D eigenvalue weighted by atomic mass is 35.5. The van der Waals surface area contributed by atoms with E-state index < -0.39 is 5.91 Å². The van der Waals surface area contributed by atoms with Crippen LogP contribution in [0.3, 0.4) is 0 Å². The summed E-state index contributed by atoms with van der Waals surface area (Å²) >= 11 is 5.91. The standard InChI is InChI=1S/C17H16ClFN2O2/c1-11-6-7-12(8-15(11)19)9-20-16(22)10-21-17(23)13-4-2-3-5-14(13)18/h2-8H,9-10H2,1H3,(H,20,22)(H,21,23). The SMILES string of the molecule is Cc1ccc(CNC(=O)CNC(=O)c2ccccc2Cl)cc1F. The molecule has 0 aliphatic carbocycles. The number of carbonyl (C=O) groups is 2. The van der Waals surface area contributed by atoms with Gasteiger partial charge >= 0.3 is 0 Å². The number of aryl methyl sites for hydroxylation is 1. The van der Waals surface area contributed by atoms with Gasteiger partial charge in [-0.2, -0.15) is 0 Å². The number of halogens is 2. The molecule has 0 aromatic heterocycles. The van der Waals surface area contributed by atoms with Gasteiger partial charge < -0.3 is 10.6 Å². The van der Waals surface area contributed by atoms with Gasteiger partial charge in [-0.25, -0.2) is 4.39 Å². The molecule has 0 radical (unpaired) electrons. The summed E-state index contributed by atoms with van der Waals surface area (Å²) in [6, 6.07) is 11.3. The molecule has 0 saturated carbocycles. The molecule has 2 N–H and O–H groups in total. The Labute approximate surface area is 138 Å². The fourth-order valence-corrected chi connectivity index (χ4v) is 2.13. The van der Waals surface area contributed by atoms with E-state index in [4.69, 9.17) is 11.6 Å². The Balaban J connectivity index is 1.82. The van der Waals surface area contributed by atoms with Gasteiger partial charge in [0.15, 0.2) is 0 Å². The lowest BCUT2D eigenvalue weighted by Crippen LogP contribution is -2.36. The van der Waals surface area contributed by atoms with E-state index in [1.807, 2.05) is 0 Å². The fraction of sp³-hybridized carbons (Fsp3) is 0.176. The number of hydrogen-bond acceptors (Lipinski definition) is 2. The third-order valence-electron chi connectivity index (χ3n) is 3.25. The summed E-state index contributed by atoms with van der Waals surface area (Å²) in [5.74, 6) is -1.11. The van der Waals surface area contributed by atoms with Crippen LogP contribution in [0.25, 0.3) is 0 Å². The van der Waals surface area contributed by atoms with Crippen LogP contribution in [0.2, 0.25) is 5.02 Å². The van der Waals surface area contributed by atoms with E-state index >= 15 is 0 Å². The van der Waals surface area contributed by atoms with Crippen molar-refractivity contribution in [1.29, 1.82) is 0 Å². The number of benzene rings is 2. The Morgan fingerprint density at radius 1 is 1.13 bits per heavy atom. The van der Waals surface area contributed by atoms with Gasteiger partial charge in [0.05, 0.1) is 17.1 Å². The van der Waals surface area contributed by atoms with Crippen molar-refractivity contribution in [3.05, 3.63) is 70.0 Å². The molecule has 0 saturated heterocycles. The van der Waals surface area contributed by atoms with E-state index in [1.54, 1.807) is 43.3 Å². The summed E-state index contributed by atoms with van der Waals surface area (Å²) in [5.41, 5.74) is 1.51. The second-order valence-corrected chi connectivity index (χ2v) is 5.43. The second kappa shape index (κ2) is 7.74. The quantitative estimate of drug-likeness (QED) is 0.883. The minimum absolute atomic E-state index is 0.182. The topological polar surface area (TPSA) is 58.2 Å². The van der Waals surface area contributed by atoms with Crippen LogP contribution in [0.4, 0.5) is 4.39 Å². The molecule has 23 heavy (non-hydrogen) atoms. The Kier molecular flexibility index (Phi) is 5.71. The van der Waals surface area contributed by atoms with E-state index in [0.717, 1.165) is 0 Å². The molecule has 2 rings (SSSR count). The first-order valence-electron chi connectivity index (χ1n) is 7.02. The number of hydrogen-bond donors (Lipinski definition) is 2. The normalized spacial score (nSPS) is 10.2. The number of nitrogens with one attached hydrogen (secondary N) is 2. The van der Waals surface area contributed by atoms with Crippen molar-refractivity contribution < 1.29 is 14.0 Å². The van der Waals surface area contributed by atoms with E-state index in [0.29, 0.717) is 21.7 Å². The van der Waals surface area contributed by atoms with Crippen molar-refractivity contribution in [2.45, 2.75) is 13.5 Å². The Bertz CT molecular complexity index is 734. The van der Waals surface area contributed by atoms with Crippen LogP contribution in [0.1, 0.15) is 21.5 Å². The molecule has 2 amide bonds. The monoisotopic (exact) mass is 334 g/mol. The van der Waals surface area contributed by atoms with Gasteiger partial charge in [-0.1, -0.05) is 35.9 Å². The molecule has 0 bridgehead atoms. The molecule has 0 unspecified atom stereocenters. The highest BCUT2D eigenvalue weighted by Gasteiger charge is 2.11. The summed E-state index contributed by atoms with van der Waals surface area (Å²) in [6.07, 6.45) is 0. The van der Waals surface area contributed by atoms with Crippen LogP contribution < -0.4 is 10.6 Å². The fourth-order valence-electron chi connectivity index (χ4n) is 1.91. The van der Waals surface area contributed by atoms with E-state index in [2.05, 4.69) is 10.6 Å². The van der Waals surface area contributed by atoms with E-state index in [-0.39, 0.29) is 24.8 Å². The molecule has 0 heterocycles. The third-order valence-corrected chi connectivity index (χ3v) is 3.58. The second-order valence-electron chi connectivity index (χ2n) is 5.02. The van der Waals surface area contributed by atoms with Gasteiger partial charge in [-0.05, 0) is 36.2 Å². The first-order chi connectivity index (χ1) is 11.0. The van der Waals surface area contributed by atoms with Gasteiger partial charge in [0.25, 0.3) is 5.91 Å². The van der Waals surface area contributed by atoms with Crippen LogP contribution in [-0.4, -0.2) is 18.4 Å². The molecule has 2 aromatic rings. The van der Waals surface area contributed by atoms with Gasteiger partial charge in [0.2, 0.25) is 5.91 Å². The number of rotatable bonds is 5. The highest BCUT2D eigenvalue weighted by molar-refractivity contribution is 6.33. The maximum atomic E-state index is 13.4. The Morgan fingerprint density at radius 3 is 2.57 bits per heavy atom. The molecule has 0 atom stereocenters. The van der Waals surface area contributed by atoms with Crippen LogP contribution in [0.15, 0.2) is 42.5 Å². The smallest absolute Gasteiger partial charge is 0.253 e. The molecule has 0 fully saturated rings. The zero-order valence-corrected chi connectivity index (χ0v) is 13.3. The van der Waals surface area contributed by atoms with Gasteiger partial charge in [0.1, 0.15) is 5.82 Å². The lowest BCUT2D eigenvalue weighted by molar-refractivity contribution is -0.120. The van der Waals surface area contributed by atoms with Gasteiger partial charge in [-0.15, -0.1) is 0 Å². The summed E-state index contributed by atoms with van der Waals surface area (Å²) in [7, 11) is 0. The summed E-state index contributed by atoms with van der Waals surface area (Å²) in [5, 5.41) is 5.42. The van der Waals surface area contributed by atoms with Crippen LogP contribution in [0, 0.1) is 12.7 Å². The molecule has 6 heteroatoms.